The molecule has 2 heteroatoms. The Morgan fingerprint density at radius 1 is 0.889 bits per heavy atom. The molecule has 3 rings (SSSR count). The Balaban J connectivity index is 0.00000120. The van der Waals surface area contributed by atoms with Gasteiger partial charge in [0.1, 0.15) is 0 Å². The number of benzene rings is 1. The Morgan fingerprint density at radius 3 is 2.28 bits per heavy atom. The van der Waals surface area contributed by atoms with Gasteiger partial charge in [-0.1, -0.05) is 37.1 Å². The molecule has 1 fully saturated rings. The highest BCUT2D eigenvalue weighted by atomic mass is 35.5. The molecule has 0 saturated carbocycles. The van der Waals surface area contributed by atoms with Gasteiger partial charge in [-0.15, -0.1) is 12.4 Å². The fraction of sp³-hybridized carbons (Fsp3) is 0.625. The maximum absolute atomic E-state index is 2.77. The Hall–Kier alpha value is -0.530. The van der Waals surface area contributed by atoms with E-state index in [4.69, 9.17) is 0 Å². The van der Waals surface area contributed by atoms with E-state index in [1.165, 1.54) is 58.0 Å². The third-order valence-electron chi connectivity index (χ3n) is 4.48. The van der Waals surface area contributed by atoms with Crippen LogP contribution in [0.3, 0.4) is 0 Å². The highest BCUT2D eigenvalue weighted by Crippen LogP contribution is 2.26. The van der Waals surface area contributed by atoms with E-state index in [9.17, 15) is 0 Å². The normalized spacial score (nSPS) is 24.8. The standard InChI is InChI=1S/C16H23N.ClH/c1-2-6-12-17(11-5-1)16-10-9-14-7-3-4-8-15(14)13-16;/h3-4,7-8,16H,1-2,5-6,9-13H2;1H. The second-order valence-corrected chi connectivity index (χ2v) is 5.62. The zero-order valence-electron chi connectivity index (χ0n) is 11.1. The van der Waals surface area contributed by atoms with E-state index in [-0.39, 0.29) is 12.4 Å². The van der Waals surface area contributed by atoms with Gasteiger partial charge in [-0.25, -0.2) is 0 Å². The molecule has 1 aromatic carbocycles. The van der Waals surface area contributed by atoms with Crippen LogP contribution in [0.15, 0.2) is 24.3 Å². The molecule has 0 bridgehead atoms. The summed E-state index contributed by atoms with van der Waals surface area (Å²) in [6.07, 6.45) is 9.67. The average Bonchev–Trinajstić information content (AvgIpc) is 2.67. The van der Waals surface area contributed by atoms with Crippen molar-refractivity contribution in [2.45, 2.75) is 51.0 Å². The number of halogens is 1. The van der Waals surface area contributed by atoms with Crippen LogP contribution in [-0.2, 0) is 12.8 Å². The number of nitrogens with zero attached hydrogens (tertiary/aromatic N) is 1. The van der Waals surface area contributed by atoms with Gasteiger partial charge < -0.3 is 4.90 Å². The second kappa shape index (κ2) is 6.58. The number of aryl methyl sites for hydroxylation is 1. The van der Waals surface area contributed by atoms with Crippen molar-refractivity contribution in [3.05, 3.63) is 35.4 Å². The van der Waals surface area contributed by atoms with Crippen molar-refractivity contribution < 1.29 is 0 Å². The summed E-state index contributed by atoms with van der Waals surface area (Å²) in [6.45, 7) is 2.68. The van der Waals surface area contributed by atoms with Gasteiger partial charge in [0.2, 0.25) is 0 Å². The fourth-order valence-electron chi connectivity index (χ4n) is 3.45. The zero-order chi connectivity index (χ0) is 11.5. The molecule has 0 spiro atoms. The molecule has 2 aliphatic rings. The van der Waals surface area contributed by atoms with Crippen LogP contribution >= 0.6 is 12.4 Å². The summed E-state index contributed by atoms with van der Waals surface area (Å²) >= 11 is 0. The van der Waals surface area contributed by atoms with E-state index in [0.717, 1.165) is 6.04 Å². The molecule has 1 unspecified atom stereocenters. The lowest BCUT2D eigenvalue weighted by molar-refractivity contribution is 0.186. The SMILES string of the molecule is Cl.c1ccc2c(c1)CCC(N1CCCCCC1)C2. The molecule has 0 amide bonds. The number of likely N-dealkylation sites (tertiary alicyclic amines) is 1. The first kappa shape index (κ1) is 13.9. The summed E-state index contributed by atoms with van der Waals surface area (Å²) in [7, 11) is 0. The number of fused-ring (bicyclic) bond motifs is 1. The van der Waals surface area contributed by atoms with Crippen molar-refractivity contribution in [3.63, 3.8) is 0 Å². The third kappa shape index (κ3) is 3.07. The van der Waals surface area contributed by atoms with Crippen LogP contribution in [0.5, 0.6) is 0 Å². The monoisotopic (exact) mass is 265 g/mol. The van der Waals surface area contributed by atoms with Crippen LogP contribution in [0.4, 0.5) is 0 Å². The van der Waals surface area contributed by atoms with Crippen LogP contribution in [0.25, 0.3) is 0 Å². The average molecular weight is 266 g/mol. The van der Waals surface area contributed by atoms with Crippen molar-refractivity contribution in [2.24, 2.45) is 0 Å². The Morgan fingerprint density at radius 2 is 1.56 bits per heavy atom. The highest BCUT2D eigenvalue weighted by Gasteiger charge is 2.24. The molecular formula is C16H24ClN. The van der Waals surface area contributed by atoms with Crippen LogP contribution in [0, 0.1) is 0 Å². The summed E-state index contributed by atoms with van der Waals surface area (Å²) in [4.78, 5) is 2.77. The Bertz CT molecular complexity index is 369. The predicted molar refractivity (Wildman–Crippen MR) is 79.5 cm³/mol. The first-order valence-corrected chi connectivity index (χ1v) is 7.24. The van der Waals surface area contributed by atoms with Crippen molar-refractivity contribution in [1.82, 2.24) is 4.90 Å². The smallest absolute Gasteiger partial charge is 0.0139 e. The van der Waals surface area contributed by atoms with Crippen molar-refractivity contribution in [1.29, 1.82) is 0 Å². The van der Waals surface area contributed by atoms with Gasteiger partial charge in [-0.05, 0) is 56.3 Å². The summed E-state index contributed by atoms with van der Waals surface area (Å²) in [6, 6.07) is 9.85. The molecular weight excluding hydrogens is 242 g/mol. The van der Waals surface area contributed by atoms with E-state index < -0.39 is 0 Å². The molecule has 1 nitrogen and oxygen atoms in total. The first-order valence-electron chi connectivity index (χ1n) is 7.24. The number of rotatable bonds is 1. The molecule has 18 heavy (non-hydrogen) atoms. The number of hydrogen-bond acceptors (Lipinski definition) is 1. The third-order valence-corrected chi connectivity index (χ3v) is 4.48. The molecule has 0 aromatic heterocycles. The molecule has 1 saturated heterocycles. The topological polar surface area (TPSA) is 3.24 Å². The lowest BCUT2D eigenvalue weighted by atomic mass is 9.87. The summed E-state index contributed by atoms with van der Waals surface area (Å²) < 4.78 is 0. The minimum Gasteiger partial charge on any atom is -0.300 e. The summed E-state index contributed by atoms with van der Waals surface area (Å²) in [5.74, 6) is 0. The molecule has 1 aliphatic heterocycles. The molecule has 1 aliphatic carbocycles. The van der Waals surface area contributed by atoms with Gasteiger partial charge in [0.15, 0.2) is 0 Å². The molecule has 0 radical (unpaired) electrons. The lowest BCUT2D eigenvalue weighted by Gasteiger charge is -2.34. The van der Waals surface area contributed by atoms with E-state index in [1.807, 2.05) is 0 Å². The van der Waals surface area contributed by atoms with Crippen molar-refractivity contribution in [2.75, 3.05) is 13.1 Å². The quantitative estimate of drug-likeness (QED) is 0.746. The fourth-order valence-corrected chi connectivity index (χ4v) is 3.45. The van der Waals surface area contributed by atoms with Gasteiger partial charge in [-0.3, -0.25) is 0 Å². The van der Waals surface area contributed by atoms with Crippen molar-refractivity contribution >= 4 is 12.4 Å². The molecule has 1 aromatic rings. The minimum atomic E-state index is 0. The van der Waals surface area contributed by atoms with Gasteiger partial charge >= 0.3 is 0 Å². The number of hydrogen-bond donors (Lipinski definition) is 0. The molecule has 1 heterocycles. The largest absolute Gasteiger partial charge is 0.300 e. The van der Waals surface area contributed by atoms with Gasteiger partial charge in [0, 0.05) is 6.04 Å². The maximum Gasteiger partial charge on any atom is 0.0139 e. The van der Waals surface area contributed by atoms with Crippen molar-refractivity contribution in [3.8, 4) is 0 Å². The molecule has 1 atom stereocenters. The van der Waals surface area contributed by atoms with E-state index >= 15 is 0 Å². The maximum atomic E-state index is 2.77. The van der Waals surface area contributed by atoms with E-state index in [2.05, 4.69) is 29.2 Å². The zero-order valence-corrected chi connectivity index (χ0v) is 11.9. The van der Waals surface area contributed by atoms with E-state index in [1.54, 1.807) is 11.1 Å². The highest BCUT2D eigenvalue weighted by molar-refractivity contribution is 5.85. The lowest BCUT2D eigenvalue weighted by Crippen LogP contribution is -2.39. The van der Waals surface area contributed by atoms with E-state index in [0.29, 0.717) is 0 Å². The van der Waals surface area contributed by atoms with Crippen LogP contribution in [-0.4, -0.2) is 24.0 Å². The van der Waals surface area contributed by atoms with Crippen LogP contribution in [0.2, 0.25) is 0 Å². The Kier molecular flexibility index (Phi) is 5.08. The first-order chi connectivity index (χ1) is 8.43. The predicted octanol–water partition coefficient (Wildman–Crippen LogP) is 3.84. The molecule has 0 N–H and O–H groups in total. The van der Waals surface area contributed by atoms with Gasteiger partial charge in [-0.2, -0.15) is 0 Å². The van der Waals surface area contributed by atoms with Crippen LogP contribution < -0.4 is 0 Å². The van der Waals surface area contributed by atoms with Gasteiger partial charge in [0.05, 0.1) is 0 Å². The van der Waals surface area contributed by atoms with Gasteiger partial charge in [0.25, 0.3) is 0 Å². The molecule has 100 valence electrons. The second-order valence-electron chi connectivity index (χ2n) is 5.62. The summed E-state index contributed by atoms with van der Waals surface area (Å²) in [5, 5.41) is 0. The summed E-state index contributed by atoms with van der Waals surface area (Å²) in [5.41, 5.74) is 3.20. The van der Waals surface area contributed by atoms with Crippen LogP contribution in [0.1, 0.15) is 43.2 Å². The Labute approximate surface area is 117 Å². The minimum absolute atomic E-state index is 0.